The van der Waals surface area contributed by atoms with E-state index in [0.717, 1.165) is 17.4 Å². The van der Waals surface area contributed by atoms with E-state index in [1.807, 2.05) is 0 Å². The molecule has 0 saturated heterocycles. The van der Waals surface area contributed by atoms with Gasteiger partial charge in [-0.15, -0.1) is 10.2 Å². The van der Waals surface area contributed by atoms with E-state index in [2.05, 4.69) is 81.3 Å². The highest BCUT2D eigenvalue weighted by atomic mass is 16.4. The molecule has 3 aliphatic rings. The number of hydrogen-bond acceptors (Lipinski definition) is 4. The summed E-state index contributed by atoms with van der Waals surface area (Å²) >= 11 is 0. The van der Waals surface area contributed by atoms with Crippen molar-refractivity contribution < 1.29 is 4.42 Å². The molecule has 1 N–H and O–H groups in total. The number of rotatable bonds is 4. The summed E-state index contributed by atoms with van der Waals surface area (Å²) in [7, 11) is 0. The van der Waals surface area contributed by atoms with Gasteiger partial charge in [0.05, 0.1) is 6.54 Å². The average molecular weight is 368 g/mol. The highest BCUT2D eigenvalue weighted by molar-refractivity contribution is 5.53. The molecule has 3 aliphatic carbocycles. The van der Waals surface area contributed by atoms with E-state index >= 15 is 0 Å². The molecule has 3 fully saturated rings. The predicted octanol–water partition coefficient (Wildman–Crippen LogP) is 5.19. The summed E-state index contributed by atoms with van der Waals surface area (Å²) in [6.45, 7) is 14.6. The number of nitrogens with one attached hydrogen (secondary N) is 1. The monoisotopic (exact) mass is 367 g/mol. The Kier molecular flexibility index (Phi) is 4.45. The molecule has 146 valence electrons. The van der Waals surface area contributed by atoms with Crippen LogP contribution < -0.4 is 5.32 Å². The topological polar surface area (TPSA) is 51.0 Å². The van der Waals surface area contributed by atoms with Gasteiger partial charge in [0.1, 0.15) is 0 Å². The van der Waals surface area contributed by atoms with Crippen LogP contribution in [0.2, 0.25) is 0 Å². The van der Waals surface area contributed by atoms with Gasteiger partial charge in [0, 0.05) is 11.6 Å². The Balaban J connectivity index is 1.38. The highest BCUT2D eigenvalue weighted by Gasteiger charge is 2.56. The second-order valence-corrected chi connectivity index (χ2v) is 10.3. The maximum atomic E-state index is 5.92. The minimum absolute atomic E-state index is 0.147. The van der Waals surface area contributed by atoms with Gasteiger partial charge in [-0.1, -0.05) is 53.7 Å². The number of fused-ring (bicyclic) bond motifs is 2. The van der Waals surface area contributed by atoms with Crippen molar-refractivity contribution >= 4 is 0 Å². The summed E-state index contributed by atoms with van der Waals surface area (Å²) < 4.78 is 5.92. The second-order valence-electron chi connectivity index (χ2n) is 10.3. The predicted molar refractivity (Wildman–Crippen MR) is 108 cm³/mol. The Morgan fingerprint density at radius 3 is 2.41 bits per heavy atom. The quantitative estimate of drug-likeness (QED) is 0.807. The highest BCUT2D eigenvalue weighted by Crippen LogP contribution is 2.61. The summed E-state index contributed by atoms with van der Waals surface area (Å²) in [6.07, 6.45) is 2.67. The van der Waals surface area contributed by atoms with Gasteiger partial charge in [0.15, 0.2) is 0 Å². The molecule has 1 heterocycles. The molecule has 1 aromatic heterocycles. The molecular formula is C23H33N3O. The summed E-state index contributed by atoms with van der Waals surface area (Å²) in [5.41, 5.74) is 2.96. The molecule has 4 nitrogen and oxygen atoms in total. The van der Waals surface area contributed by atoms with Gasteiger partial charge in [-0.05, 0) is 59.1 Å². The minimum atomic E-state index is 0.147. The molecule has 27 heavy (non-hydrogen) atoms. The van der Waals surface area contributed by atoms with Crippen molar-refractivity contribution in [2.45, 2.75) is 72.4 Å². The van der Waals surface area contributed by atoms with E-state index in [-0.39, 0.29) is 5.41 Å². The number of hydrogen-bond donors (Lipinski definition) is 1. The zero-order chi connectivity index (χ0) is 19.4. The van der Waals surface area contributed by atoms with Crippen LogP contribution in [0.4, 0.5) is 0 Å². The van der Waals surface area contributed by atoms with Crippen LogP contribution in [0.5, 0.6) is 0 Å². The Morgan fingerprint density at radius 2 is 1.81 bits per heavy atom. The number of benzene rings is 1. The third kappa shape index (κ3) is 3.33. The first-order valence-electron chi connectivity index (χ1n) is 10.3. The molecule has 4 atom stereocenters. The molecule has 1 aromatic carbocycles. The summed E-state index contributed by atoms with van der Waals surface area (Å²) in [5.74, 6) is 3.69. The first-order valence-corrected chi connectivity index (χ1v) is 10.3. The summed E-state index contributed by atoms with van der Waals surface area (Å²) in [5, 5.41) is 12.2. The van der Waals surface area contributed by atoms with E-state index in [1.54, 1.807) is 0 Å². The van der Waals surface area contributed by atoms with Crippen molar-refractivity contribution in [3.8, 4) is 11.5 Å². The lowest BCUT2D eigenvalue weighted by Crippen LogP contribution is -2.59. The maximum Gasteiger partial charge on any atom is 0.247 e. The molecule has 0 unspecified atom stereocenters. The van der Waals surface area contributed by atoms with Crippen LogP contribution in [0.15, 0.2) is 28.7 Å². The molecule has 0 aliphatic heterocycles. The lowest BCUT2D eigenvalue weighted by atomic mass is 9.45. The van der Waals surface area contributed by atoms with Crippen molar-refractivity contribution in [1.29, 1.82) is 0 Å². The zero-order valence-corrected chi connectivity index (χ0v) is 17.5. The third-order valence-electron chi connectivity index (χ3n) is 7.33. The van der Waals surface area contributed by atoms with Gasteiger partial charge < -0.3 is 9.73 Å². The van der Waals surface area contributed by atoms with E-state index in [4.69, 9.17) is 4.42 Å². The lowest BCUT2D eigenvalue weighted by Gasteiger charge is -2.62. The van der Waals surface area contributed by atoms with Gasteiger partial charge in [0.2, 0.25) is 11.8 Å². The fourth-order valence-electron chi connectivity index (χ4n) is 5.19. The zero-order valence-electron chi connectivity index (χ0n) is 17.5. The summed E-state index contributed by atoms with van der Waals surface area (Å²) in [4.78, 5) is 0. The first-order chi connectivity index (χ1) is 12.7. The van der Waals surface area contributed by atoms with Gasteiger partial charge in [-0.3, -0.25) is 0 Å². The summed E-state index contributed by atoms with van der Waals surface area (Å²) in [6, 6.07) is 9.00. The molecule has 3 saturated carbocycles. The third-order valence-corrected chi connectivity index (χ3v) is 7.33. The second kappa shape index (κ2) is 6.44. The maximum absolute atomic E-state index is 5.92. The van der Waals surface area contributed by atoms with E-state index in [0.29, 0.717) is 35.7 Å². The molecule has 0 radical (unpaired) electrons. The van der Waals surface area contributed by atoms with Gasteiger partial charge in [0.25, 0.3) is 0 Å². The van der Waals surface area contributed by atoms with Gasteiger partial charge >= 0.3 is 0 Å². The molecule has 4 heteroatoms. The van der Waals surface area contributed by atoms with Crippen LogP contribution in [-0.4, -0.2) is 16.2 Å². The molecular weight excluding hydrogens is 334 g/mol. The van der Waals surface area contributed by atoms with E-state index < -0.39 is 0 Å². The van der Waals surface area contributed by atoms with E-state index in [9.17, 15) is 0 Å². The van der Waals surface area contributed by atoms with Gasteiger partial charge in [-0.25, -0.2) is 0 Å². The Morgan fingerprint density at radius 1 is 1.11 bits per heavy atom. The van der Waals surface area contributed by atoms with Crippen molar-refractivity contribution in [2.75, 3.05) is 0 Å². The Hall–Kier alpha value is -1.68. The molecule has 2 aromatic rings. The Bertz CT molecular complexity index is 800. The van der Waals surface area contributed by atoms with Crippen molar-refractivity contribution in [3.63, 3.8) is 0 Å². The van der Waals surface area contributed by atoms with Crippen LogP contribution in [0.25, 0.3) is 11.5 Å². The van der Waals surface area contributed by atoms with Crippen LogP contribution >= 0.6 is 0 Å². The lowest BCUT2D eigenvalue weighted by molar-refractivity contribution is -0.115. The van der Waals surface area contributed by atoms with Crippen LogP contribution in [0.1, 0.15) is 65.8 Å². The molecule has 5 rings (SSSR count). The van der Waals surface area contributed by atoms with Crippen LogP contribution in [0, 0.1) is 23.2 Å². The number of nitrogens with zero attached hydrogens (tertiary/aromatic N) is 2. The minimum Gasteiger partial charge on any atom is -0.419 e. The first kappa shape index (κ1) is 18.7. The molecule has 2 bridgehead atoms. The SMILES string of the molecule is C[C@@H]1[C@H]2C[C@@H](C[C@H]1NCc1nnc(-c3ccc(C(C)(C)C)cc3)o1)C2(C)C. The average Bonchev–Trinajstić information content (AvgIpc) is 3.08. The van der Waals surface area contributed by atoms with Crippen molar-refractivity contribution in [3.05, 3.63) is 35.7 Å². The standard InChI is InChI=1S/C23H33N3O/c1-14-18-11-17(23(18,5)6)12-19(14)24-13-20-25-26-21(27-20)15-7-9-16(10-8-15)22(2,3)4/h7-10,14,17-19,24H,11-13H2,1-6H3/t14-,17+,18-,19-/m1/s1. The molecule has 0 amide bonds. The van der Waals surface area contributed by atoms with Crippen LogP contribution in [-0.2, 0) is 12.0 Å². The Labute approximate surface area is 163 Å². The van der Waals surface area contributed by atoms with Crippen molar-refractivity contribution in [1.82, 2.24) is 15.5 Å². The fourth-order valence-corrected chi connectivity index (χ4v) is 5.19. The fraction of sp³-hybridized carbons (Fsp3) is 0.652. The van der Waals surface area contributed by atoms with Gasteiger partial charge in [-0.2, -0.15) is 0 Å². The van der Waals surface area contributed by atoms with E-state index in [1.165, 1.54) is 18.4 Å². The van der Waals surface area contributed by atoms with Crippen molar-refractivity contribution in [2.24, 2.45) is 23.2 Å². The normalized spacial score (nSPS) is 29.4. The largest absolute Gasteiger partial charge is 0.419 e. The number of aromatic nitrogens is 2. The molecule has 0 spiro atoms. The smallest absolute Gasteiger partial charge is 0.247 e. The van der Waals surface area contributed by atoms with Crippen LogP contribution in [0.3, 0.4) is 0 Å².